The summed E-state index contributed by atoms with van der Waals surface area (Å²) in [7, 11) is 0. The molecule has 0 aromatic heterocycles. The van der Waals surface area contributed by atoms with E-state index >= 15 is 0 Å². The smallest absolute Gasteiger partial charge is 0.277 e. The van der Waals surface area contributed by atoms with Gasteiger partial charge in [-0.25, -0.2) is 5.43 Å². The number of benzene rings is 3. The summed E-state index contributed by atoms with van der Waals surface area (Å²) >= 11 is 0. The van der Waals surface area contributed by atoms with Crippen LogP contribution in [0, 0.1) is 13.8 Å². The van der Waals surface area contributed by atoms with E-state index in [1.807, 2.05) is 62.4 Å². The van der Waals surface area contributed by atoms with Gasteiger partial charge in [0.15, 0.2) is 6.61 Å². The van der Waals surface area contributed by atoms with Crippen LogP contribution in [0.25, 0.3) is 10.8 Å². The fourth-order valence-corrected chi connectivity index (χ4v) is 2.66. The average molecular weight is 332 g/mol. The van der Waals surface area contributed by atoms with Crippen LogP contribution in [-0.2, 0) is 4.79 Å². The molecule has 0 aliphatic rings. The molecule has 0 heterocycles. The van der Waals surface area contributed by atoms with Crippen molar-refractivity contribution >= 4 is 22.9 Å². The van der Waals surface area contributed by atoms with Crippen LogP contribution < -0.4 is 10.2 Å². The topological polar surface area (TPSA) is 50.7 Å². The Hall–Kier alpha value is -3.14. The highest BCUT2D eigenvalue weighted by molar-refractivity contribution is 5.90. The molecule has 0 spiro atoms. The Morgan fingerprint density at radius 3 is 2.48 bits per heavy atom. The third kappa shape index (κ3) is 4.67. The lowest BCUT2D eigenvalue weighted by atomic mass is 10.1. The quantitative estimate of drug-likeness (QED) is 0.567. The Bertz CT molecular complexity index is 912. The van der Waals surface area contributed by atoms with Gasteiger partial charge in [-0.15, -0.1) is 0 Å². The highest BCUT2D eigenvalue weighted by Gasteiger charge is 2.02. The maximum atomic E-state index is 11.8. The Balaban J connectivity index is 1.54. The van der Waals surface area contributed by atoms with Gasteiger partial charge in [0.2, 0.25) is 0 Å². The zero-order valence-corrected chi connectivity index (χ0v) is 14.3. The molecule has 3 aromatic carbocycles. The van der Waals surface area contributed by atoms with Crippen LogP contribution in [0.1, 0.15) is 16.7 Å². The Kier molecular flexibility index (Phi) is 5.09. The van der Waals surface area contributed by atoms with Crippen LogP contribution >= 0.6 is 0 Å². The molecule has 0 bridgehead atoms. The molecular weight excluding hydrogens is 312 g/mol. The van der Waals surface area contributed by atoms with Gasteiger partial charge in [-0.1, -0.05) is 42.5 Å². The van der Waals surface area contributed by atoms with Gasteiger partial charge in [0.1, 0.15) is 5.75 Å². The minimum absolute atomic E-state index is 0.0715. The zero-order chi connectivity index (χ0) is 17.6. The van der Waals surface area contributed by atoms with Gasteiger partial charge < -0.3 is 4.74 Å². The van der Waals surface area contributed by atoms with Crippen molar-refractivity contribution in [1.82, 2.24) is 5.43 Å². The van der Waals surface area contributed by atoms with Crippen LogP contribution in [-0.4, -0.2) is 18.7 Å². The van der Waals surface area contributed by atoms with E-state index in [9.17, 15) is 4.79 Å². The molecule has 3 rings (SSSR count). The third-order valence-electron chi connectivity index (χ3n) is 3.74. The summed E-state index contributed by atoms with van der Waals surface area (Å²) in [6.45, 7) is 3.92. The minimum atomic E-state index is -0.295. The molecule has 1 amide bonds. The Labute approximate surface area is 147 Å². The molecule has 1 N–H and O–H groups in total. The number of rotatable bonds is 5. The van der Waals surface area contributed by atoms with E-state index in [0.717, 1.165) is 22.1 Å². The van der Waals surface area contributed by atoms with Crippen molar-refractivity contribution in [3.63, 3.8) is 0 Å². The molecule has 0 fully saturated rings. The first-order valence-electron chi connectivity index (χ1n) is 8.12. The number of fused-ring (bicyclic) bond motifs is 1. The van der Waals surface area contributed by atoms with Crippen molar-refractivity contribution < 1.29 is 9.53 Å². The second kappa shape index (κ2) is 7.62. The predicted octanol–water partition coefficient (Wildman–Crippen LogP) is 3.99. The minimum Gasteiger partial charge on any atom is -0.484 e. The fraction of sp³-hybridized carbons (Fsp3) is 0.143. The van der Waals surface area contributed by atoms with E-state index in [1.54, 1.807) is 6.21 Å². The van der Waals surface area contributed by atoms with Crippen molar-refractivity contribution in [2.75, 3.05) is 6.61 Å². The summed E-state index contributed by atoms with van der Waals surface area (Å²) in [6.07, 6.45) is 1.63. The van der Waals surface area contributed by atoms with Gasteiger partial charge in [0, 0.05) is 0 Å². The second-order valence-electron chi connectivity index (χ2n) is 6.01. The van der Waals surface area contributed by atoms with Crippen LogP contribution in [0.15, 0.2) is 65.8 Å². The van der Waals surface area contributed by atoms with Crippen molar-refractivity contribution in [3.8, 4) is 5.75 Å². The predicted molar refractivity (Wildman–Crippen MR) is 101 cm³/mol. The second-order valence-corrected chi connectivity index (χ2v) is 6.01. The summed E-state index contributed by atoms with van der Waals surface area (Å²) in [6, 6.07) is 20.0. The van der Waals surface area contributed by atoms with Gasteiger partial charge in [-0.05, 0) is 59.5 Å². The molecule has 0 radical (unpaired) electrons. The van der Waals surface area contributed by atoms with Gasteiger partial charge >= 0.3 is 0 Å². The van der Waals surface area contributed by atoms with Crippen molar-refractivity contribution in [2.45, 2.75) is 13.8 Å². The van der Waals surface area contributed by atoms with Crippen LogP contribution in [0.4, 0.5) is 0 Å². The number of hydrazone groups is 1. The van der Waals surface area contributed by atoms with E-state index in [-0.39, 0.29) is 12.5 Å². The molecule has 0 saturated carbocycles. The summed E-state index contributed by atoms with van der Waals surface area (Å²) in [4.78, 5) is 11.8. The molecule has 0 unspecified atom stereocenters. The number of aryl methyl sites for hydroxylation is 2. The molecule has 0 atom stereocenters. The Morgan fingerprint density at radius 1 is 1.00 bits per heavy atom. The molecule has 25 heavy (non-hydrogen) atoms. The number of carbonyl (C=O) groups excluding carboxylic acids is 1. The standard InChI is InChI=1S/C21H20N2O2/c1-15-9-16(2)11-20(10-15)25-14-21(24)23-22-13-17-7-8-18-5-3-4-6-19(18)12-17/h3-13H,14H2,1-2H3,(H,23,24)/b22-13-. The first kappa shape index (κ1) is 16.7. The maximum Gasteiger partial charge on any atom is 0.277 e. The molecule has 0 saturated heterocycles. The van der Waals surface area contributed by atoms with Gasteiger partial charge in [-0.3, -0.25) is 4.79 Å². The number of amides is 1. The lowest BCUT2D eigenvalue weighted by Crippen LogP contribution is -2.24. The summed E-state index contributed by atoms with van der Waals surface area (Å²) < 4.78 is 5.50. The largest absolute Gasteiger partial charge is 0.484 e. The number of nitrogens with one attached hydrogen (secondary N) is 1. The molecular formula is C21H20N2O2. The normalized spacial score (nSPS) is 11.0. The number of ether oxygens (including phenoxy) is 1. The van der Waals surface area contributed by atoms with Crippen LogP contribution in [0.5, 0.6) is 5.75 Å². The molecule has 126 valence electrons. The fourth-order valence-electron chi connectivity index (χ4n) is 2.66. The summed E-state index contributed by atoms with van der Waals surface area (Å²) in [5.41, 5.74) is 5.61. The van der Waals surface area contributed by atoms with E-state index in [4.69, 9.17) is 4.74 Å². The number of carbonyl (C=O) groups is 1. The first-order valence-corrected chi connectivity index (χ1v) is 8.12. The van der Waals surface area contributed by atoms with Crippen LogP contribution in [0.3, 0.4) is 0 Å². The van der Waals surface area contributed by atoms with E-state index < -0.39 is 0 Å². The molecule has 0 aliphatic carbocycles. The maximum absolute atomic E-state index is 11.8. The molecule has 4 heteroatoms. The summed E-state index contributed by atoms with van der Waals surface area (Å²) in [5.74, 6) is 0.391. The van der Waals surface area contributed by atoms with Crippen molar-refractivity contribution in [1.29, 1.82) is 0 Å². The van der Waals surface area contributed by atoms with Gasteiger partial charge in [0.05, 0.1) is 6.21 Å². The van der Waals surface area contributed by atoms with Crippen molar-refractivity contribution in [2.24, 2.45) is 5.10 Å². The highest BCUT2D eigenvalue weighted by Crippen LogP contribution is 2.16. The third-order valence-corrected chi connectivity index (χ3v) is 3.74. The Morgan fingerprint density at radius 2 is 1.72 bits per heavy atom. The number of hydrogen-bond donors (Lipinski definition) is 1. The molecule has 0 aliphatic heterocycles. The average Bonchev–Trinajstić information content (AvgIpc) is 2.59. The number of nitrogens with zero attached hydrogens (tertiary/aromatic N) is 1. The van der Waals surface area contributed by atoms with Crippen molar-refractivity contribution in [3.05, 3.63) is 77.4 Å². The monoisotopic (exact) mass is 332 g/mol. The van der Waals surface area contributed by atoms with E-state index in [1.165, 1.54) is 5.39 Å². The first-order chi connectivity index (χ1) is 12.1. The molecule has 4 nitrogen and oxygen atoms in total. The van der Waals surface area contributed by atoms with Crippen LogP contribution in [0.2, 0.25) is 0 Å². The number of hydrogen-bond acceptors (Lipinski definition) is 3. The zero-order valence-electron chi connectivity index (χ0n) is 14.3. The lowest BCUT2D eigenvalue weighted by molar-refractivity contribution is -0.123. The van der Waals surface area contributed by atoms with E-state index in [0.29, 0.717) is 5.75 Å². The SMILES string of the molecule is Cc1cc(C)cc(OCC(=O)N/N=C\c2ccc3ccccc3c2)c1. The lowest BCUT2D eigenvalue weighted by Gasteiger charge is -2.07. The summed E-state index contributed by atoms with van der Waals surface area (Å²) in [5, 5.41) is 6.30. The molecule has 3 aromatic rings. The highest BCUT2D eigenvalue weighted by atomic mass is 16.5. The van der Waals surface area contributed by atoms with Gasteiger partial charge in [0.25, 0.3) is 5.91 Å². The van der Waals surface area contributed by atoms with Gasteiger partial charge in [-0.2, -0.15) is 5.10 Å². The van der Waals surface area contributed by atoms with E-state index in [2.05, 4.69) is 22.7 Å².